The van der Waals surface area contributed by atoms with Crippen LogP contribution in [0.3, 0.4) is 0 Å². The van der Waals surface area contributed by atoms with Gasteiger partial charge in [0.1, 0.15) is 5.75 Å². The van der Waals surface area contributed by atoms with E-state index in [0.717, 1.165) is 11.1 Å². The van der Waals surface area contributed by atoms with Crippen molar-refractivity contribution in [3.63, 3.8) is 0 Å². The Balaban J connectivity index is 2.76. The number of nitrogens with zero attached hydrogens (tertiary/aromatic N) is 1. The molecule has 1 aromatic rings. The summed E-state index contributed by atoms with van der Waals surface area (Å²) < 4.78 is 0. The number of hydrogen-bond donors (Lipinski definition) is 2. The van der Waals surface area contributed by atoms with Gasteiger partial charge in [-0.25, -0.2) is 4.79 Å². The van der Waals surface area contributed by atoms with Gasteiger partial charge in [0.2, 0.25) is 0 Å². The molecule has 0 bridgehead atoms. The molecule has 0 aromatic heterocycles. The van der Waals surface area contributed by atoms with Crippen LogP contribution in [0, 0.1) is 0 Å². The minimum absolute atomic E-state index is 0.0478. The predicted octanol–water partition coefficient (Wildman–Crippen LogP) is 4.26. The van der Waals surface area contributed by atoms with Crippen molar-refractivity contribution in [1.29, 1.82) is 0 Å². The molecule has 1 atom stereocenters. The van der Waals surface area contributed by atoms with Crippen molar-refractivity contribution >= 4 is 23.3 Å². The molecular formula is C16H19ClN2O2. The zero-order valence-corrected chi connectivity index (χ0v) is 13.2. The number of urea groups is 1. The number of rotatable bonds is 3. The van der Waals surface area contributed by atoms with Gasteiger partial charge in [0.25, 0.3) is 0 Å². The molecule has 0 saturated carbocycles. The second kappa shape index (κ2) is 5.45. The van der Waals surface area contributed by atoms with E-state index in [2.05, 4.69) is 11.9 Å². The Kier molecular flexibility index (Phi) is 4.01. The molecule has 2 rings (SSSR count). The van der Waals surface area contributed by atoms with E-state index >= 15 is 0 Å². The molecule has 0 spiro atoms. The zero-order valence-electron chi connectivity index (χ0n) is 12.4. The van der Waals surface area contributed by atoms with Crippen LogP contribution >= 0.6 is 11.6 Å². The lowest BCUT2D eigenvalue weighted by Crippen LogP contribution is -2.53. The van der Waals surface area contributed by atoms with Gasteiger partial charge >= 0.3 is 6.03 Å². The van der Waals surface area contributed by atoms with E-state index in [1.54, 1.807) is 17.0 Å². The number of carbonyl (C=O) groups excluding carboxylic acids is 1. The number of phenolic OH excluding ortho intramolecular Hbond substituents is 1. The fourth-order valence-electron chi connectivity index (χ4n) is 2.82. The Bertz CT molecular complexity index is 639. The lowest BCUT2D eigenvalue weighted by Gasteiger charge is -2.46. The first kappa shape index (κ1) is 15.4. The number of hydrogen-bond acceptors (Lipinski definition) is 2. The Morgan fingerprint density at radius 3 is 2.81 bits per heavy atom. The van der Waals surface area contributed by atoms with Gasteiger partial charge in [0.05, 0.1) is 16.2 Å². The highest BCUT2D eigenvalue weighted by atomic mass is 35.5. The number of fused-ring (bicyclic) bond motifs is 1. The summed E-state index contributed by atoms with van der Waals surface area (Å²) in [4.78, 5) is 14.1. The van der Waals surface area contributed by atoms with E-state index < -0.39 is 5.54 Å². The summed E-state index contributed by atoms with van der Waals surface area (Å²) >= 11 is 6.06. The summed E-state index contributed by atoms with van der Waals surface area (Å²) in [5, 5.41) is 12.8. The molecule has 2 amide bonds. The number of likely N-dealkylation sites (N-methyl/N-ethyl adjacent to an activating group) is 1. The SMILES string of the molecule is C=C/C=C(\C)[C@@]1(C)c2cc(Cl)c(O)cc2NC(=O)N1CC. The van der Waals surface area contributed by atoms with Crippen LogP contribution in [0.2, 0.25) is 5.02 Å². The van der Waals surface area contributed by atoms with E-state index in [1.165, 1.54) is 6.07 Å². The Labute approximate surface area is 129 Å². The first-order valence-corrected chi connectivity index (χ1v) is 7.15. The summed E-state index contributed by atoms with van der Waals surface area (Å²) in [6.07, 6.45) is 3.58. The maximum Gasteiger partial charge on any atom is 0.322 e. The number of anilines is 1. The van der Waals surface area contributed by atoms with E-state index in [9.17, 15) is 9.90 Å². The number of amides is 2. The van der Waals surface area contributed by atoms with Crippen LogP contribution in [-0.2, 0) is 5.54 Å². The van der Waals surface area contributed by atoms with Crippen LogP contribution in [0.5, 0.6) is 5.75 Å². The minimum Gasteiger partial charge on any atom is -0.506 e. The molecule has 5 heteroatoms. The number of halogens is 1. The van der Waals surface area contributed by atoms with Crippen molar-refractivity contribution in [1.82, 2.24) is 4.90 Å². The molecule has 0 radical (unpaired) electrons. The number of nitrogens with one attached hydrogen (secondary N) is 1. The van der Waals surface area contributed by atoms with Crippen LogP contribution in [0.25, 0.3) is 0 Å². The Hall–Kier alpha value is -1.94. The van der Waals surface area contributed by atoms with Crippen molar-refractivity contribution in [2.75, 3.05) is 11.9 Å². The summed E-state index contributed by atoms with van der Waals surface area (Å²) in [6, 6.07) is 2.99. The number of allylic oxidation sites excluding steroid dienone is 2. The van der Waals surface area contributed by atoms with E-state index in [1.807, 2.05) is 26.8 Å². The number of aromatic hydroxyl groups is 1. The topological polar surface area (TPSA) is 52.6 Å². The summed E-state index contributed by atoms with van der Waals surface area (Å²) in [6.45, 7) is 10.1. The highest BCUT2D eigenvalue weighted by Crippen LogP contribution is 2.45. The molecule has 0 fully saturated rings. The molecule has 0 unspecified atom stereocenters. The van der Waals surface area contributed by atoms with Crippen LogP contribution in [0.1, 0.15) is 26.3 Å². The average molecular weight is 307 g/mol. The van der Waals surface area contributed by atoms with Crippen molar-refractivity contribution < 1.29 is 9.90 Å². The van der Waals surface area contributed by atoms with Gasteiger partial charge in [-0.05, 0) is 32.4 Å². The second-order valence-electron chi connectivity index (χ2n) is 5.18. The van der Waals surface area contributed by atoms with Crippen molar-refractivity contribution in [2.45, 2.75) is 26.3 Å². The Morgan fingerprint density at radius 2 is 2.24 bits per heavy atom. The van der Waals surface area contributed by atoms with Crippen molar-refractivity contribution in [2.24, 2.45) is 0 Å². The smallest absolute Gasteiger partial charge is 0.322 e. The fourth-order valence-corrected chi connectivity index (χ4v) is 2.99. The summed E-state index contributed by atoms with van der Waals surface area (Å²) in [7, 11) is 0. The van der Waals surface area contributed by atoms with Crippen LogP contribution in [-0.4, -0.2) is 22.6 Å². The monoisotopic (exact) mass is 306 g/mol. The predicted molar refractivity (Wildman–Crippen MR) is 85.8 cm³/mol. The molecule has 4 nitrogen and oxygen atoms in total. The highest BCUT2D eigenvalue weighted by molar-refractivity contribution is 6.32. The number of phenols is 1. The van der Waals surface area contributed by atoms with Crippen molar-refractivity contribution in [3.8, 4) is 5.75 Å². The number of benzene rings is 1. The third-order valence-electron chi connectivity index (χ3n) is 4.09. The largest absolute Gasteiger partial charge is 0.506 e. The van der Waals surface area contributed by atoms with Gasteiger partial charge in [-0.15, -0.1) is 0 Å². The highest BCUT2D eigenvalue weighted by Gasteiger charge is 2.43. The maximum atomic E-state index is 12.4. The van der Waals surface area contributed by atoms with Gasteiger partial charge in [0.15, 0.2) is 0 Å². The van der Waals surface area contributed by atoms with Gasteiger partial charge in [-0.2, -0.15) is 0 Å². The van der Waals surface area contributed by atoms with Gasteiger partial charge < -0.3 is 15.3 Å². The van der Waals surface area contributed by atoms with Crippen LogP contribution < -0.4 is 5.32 Å². The maximum absolute atomic E-state index is 12.4. The lowest BCUT2D eigenvalue weighted by molar-refractivity contribution is 0.156. The van der Waals surface area contributed by atoms with E-state index in [4.69, 9.17) is 11.6 Å². The molecule has 2 N–H and O–H groups in total. The standard InChI is InChI=1S/C16H19ClN2O2/c1-5-7-10(3)16(4)11-8-12(17)14(20)9-13(11)18-15(21)19(16)6-2/h5,7-9,20H,1,6H2,2-4H3,(H,18,21)/b10-7+/t16-/m0/s1. The molecular weight excluding hydrogens is 288 g/mol. The zero-order chi connectivity index (χ0) is 15.8. The first-order valence-electron chi connectivity index (χ1n) is 6.77. The second-order valence-corrected chi connectivity index (χ2v) is 5.59. The lowest BCUT2D eigenvalue weighted by atomic mass is 9.80. The van der Waals surface area contributed by atoms with E-state index in [0.29, 0.717) is 12.2 Å². The summed E-state index contributed by atoms with van der Waals surface area (Å²) in [5.74, 6) is -0.0478. The quantitative estimate of drug-likeness (QED) is 0.820. The third kappa shape index (κ3) is 2.29. The van der Waals surface area contributed by atoms with Crippen molar-refractivity contribution in [3.05, 3.63) is 47.0 Å². The molecule has 112 valence electrons. The molecule has 1 aromatic carbocycles. The first-order chi connectivity index (χ1) is 9.86. The van der Waals surface area contributed by atoms with Crippen LogP contribution in [0.15, 0.2) is 36.4 Å². The molecule has 1 aliphatic heterocycles. The average Bonchev–Trinajstić information content (AvgIpc) is 2.42. The Morgan fingerprint density at radius 1 is 1.57 bits per heavy atom. The summed E-state index contributed by atoms with van der Waals surface area (Å²) in [5.41, 5.74) is 1.75. The van der Waals surface area contributed by atoms with Gasteiger partial charge in [-0.3, -0.25) is 0 Å². The van der Waals surface area contributed by atoms with E-state index in [-0.39, 0.29) is 16.8 Å². The normalized spacial score (nSPS) is 21.8. The molecule has 0 saturated heterocycles. The fraction of sp³-hybridized carbons (Fsp3) is 0.312. The molecule has 0 aliphatic carbocycles. The third-order valence-corrected chi connectivity index (χ3v) is 4.39. The molecule has 21 heavy (non-hydrogen) atoms. The molecule has 1 aliphatic rings. The number of carbonyl (C=O) groups is 1. The van der Waals surface area contributed by atoms with Gasteiger partial charge in [0, 0.05) is 18.2 Å². The van der Waals surface area contributed by atoms with Gasteiger partial charge in [-0.1, -0.05) is 30.3 Å². The minimum atomic E-state index is -0.641. The molecule has 1 heterocycles. The van der Waals surface area contributed by atoms with Crippen LogP contribution in [0.4, 0.5) is 10.5 Å².